The van der Waals surface area contributed by atoms with E-state index in [0.29, 0.717) is 17.4 Å². The molecular formula is C20H28N2O3. The van der Waals surface area contributed by atoms with Gasteiger partial charge in [0.2, 0.25) is 0 Å². The van der Waals surface area contributed by atoms with Crippen LogP contribution in [0.2, 0.25) is 0 Å². The van der Waals surface area contributed by atoms with Gasteiger partial charge < -0.3 is 14.7 Å². The summed E-state index contributed by atoms with van der Waals surface area (Å²) < 4.78 is 5.69. The van der Waals surface area contributed by atoms with Gasteiger partial charge in [0.1, 0.15) is 11.9 Å². The van der Waals surface area contributed by atoms with E-state index in [1.54, 1.807) is 12.3 Å². The minimum Gasteiger partial charge on any atom is -0.459 e. The fraction of sp³-hybridized carbons (Fsp3) is 0.700. The highest BCUT2D eigenvalue weighted by atomic mass is 16.5. The lowest BCUT2D eigenvalue weighted by Crippen LogP contribution is -2.51. The highest BCUT2D eigenvalue weighted by Gasteiger charge is 2.38. The zero-order valence-electron chi connectivity index (χ0n) is 14.8. The maximum Gasteiger partial charge on any atom is 0.338 e. The zero-order valence-corrected chi connectivity index (χ0v) is 14.8. The van der Waals surface area contributed by atoms with Crippen molar-refractivity contribution in [1.29, 1.82) is 0 Å². The van der Waals surface area contributed by atoms with E-state index >= 15 is 0 Å². The van der Waals surface area contributed by atoms with Crippen LogP contribution in [0.1, 0.15) is 61.7 Å². The van der Waals surface area contributed by atoms with Gasteiger partial charge in [-0.25, -0.2) is 9.78 Å². The maximum atomic E-state index is 12.5. The van der Waals surface area contributed by atoms with Crippen molar-refractivity contribution in [3.63, 3.8) is 0 Å². The van der Waals surface area contributed by atoms with Gasteiger partial charge in [-0.3, -0.25) is 0 Å². The summed E-state index contributed by atoms with van der Waals surface area (Å²) in [4.78, 5) is 19.2. The Bertz CT molecular complexity index is 601. The first-order valence-electron chi connectivity index (χ1n) is 9.81. The molecule has 0 aromatic carbocycles. The highest BCUT2D eigenvalue weighted by Crippen LogP contribution is 2.36. The van der Waals surface area contributed by atoms with Gasteiger partial charge in [0.15, 0.2) is 0 Å². The van der Waals surface area contributed by atoms with Gasteiger partial charge in [0, 0.05) is 31.1 Å². The number of esters is 1. The van der Waals surface area contributed by atoms with E-state index in [4.69, 9.17) is 4.74 Å². The Balaban J connectivity index is 1.45. The van der Waals surface area contributed by atoms with Gasteiger partial charge in [-0.05, 0) is 50.7 Å². The summed E-state index contributed by atoms with van der Waals surface area (Å²) in [5, 5.41) is 10.4. The van der Waals surface area contributed by atoms with Gasteiger partial charge >= 0.3 is 5.97 Å². The molecular weight excluding hydrogens is 316 g/mol. The largest absolute Gasteiger partial charge is 0.459 e. The lowest BCUT2D eigenvalue weighted by atomic mass is 9.75. The monoisotopic (exact) mass is 344 g/mol. The van der Waals surface area contributed by atoms with Gasteiger partial charge in [-0.1, -0.05) is 12.8 Å². The summed E-state index contributed by atoms with van der Waals surface area (Å²) >= 11 is 0. The van der Waals surface area contributed by atoms with E-state index in [9.17, 15) is 9.90 Å². The number of fused-ring (bicyclic) bond motifs is 2. The first-order valence-corrected chi connectivity index (χ1v) is 9.81. The van der Waals surface area contributed by atoms with Crippen molar-refractivity contribution in [2.24, 2.45) is 11.8 Å². The van der Waals surface area contributed by atoms with E-state index in [-0.39, 0.29) is 18.2 Å². The molecule has 1 N–H and O–H groups in total. The lowest BCUT2D eigenvalue weighted by molar-refractivity contribution is 0.00574. The number of ether oxygens (including phenoxy) is 1. The van der Waals surface area contributed by atoms with Gasteiger partial charge in [-0.2, -0.15) is 0 Å². The van der Waals surface area contributed by atoms with Crippen molar-refractivity contribution in [3.05, 3.63) is 23.9 Å². The van der Waals surface area contributed by atoms with Crippen molar-refractivity contribution < 1.29 is 14.6 Å². The van der Waals surface area contributed by atoms with Crippen LogP contribution in [-0.4, -0.2) is 41.4 Å². The average Bonchev–Trinajstić information content (AvgIpc) is 2.62. The Morgan fingerprint density at radius 1 is 1.08 bits per heavy atom. The first-order chi connectivity index (χ1) is 12.2. The number of nitrogens with zero attached hydrogens (tertiary/aromatic N) is 2. The number of carbonyl (C=O) groups excluding carboxylic acids is 1. The van der Waals surface area contributed by atoms with Gasteiger partial charge in [0.05, 0.1) is 11.7 Å². The molecule has 1 aromatic heterocycles. The molecule has 1 saturated heterocycles. The van der Waals surface area contributed by atoms with Crippen molar-refractivity contribution in [3.8, 4) is 0 Å². The Morgan fingerprint density at radius 2 is 1.80 bits per heavy atom. The smallest absolute Gasteiger partial charge is 0.338 e. The summed E-state index contributed by atoms with van der Waals surface area (Å²) in [5.74, 6) is 1.26. The van der Waals surface area contributed by atoms with Crippen molar-refractivity contribution in [2.45, 2.75) is 63.6 Å². The zero-order chi connectivity index (χ0) is 17.2. The van der Waals surface area contributed by atoms with Gasteiger partial charge in [-0.15, -0.1) is 0 Å². The molecule has 2 saturated carbocycles. The van der Waals surface area contributed by atoms with E-state index in [1.165, 1.54) is 12.8 Å². The predicted octanol–water partition coefficient (Wildman–Crippen LogP) is 3.17. The molecule has 2 bridgehead atoms. The van der Waals surface area contributed by atoms with E-state index < -0.39 is 0 Å². The Morgan fingerprint density at radius 3 is 2.52 bits per heavy atom. The Kier molecular flexibility index (Phi) is 4.93. The van der Waals surface area contributed by atoms with Gasteiger partial charge in [0.25, 0.3) is 0 Å². The number of carbonyl (C=O) groups is 1. The van der Waals surface area contributed by atoms with Crippen LogP contribution in [0.5, 0.6) is 0 Å². The molecule has 2 heterocycles. The van der Waals surface area contributed by atoms with Crippen LogP contribution in [0.3, 0.4) is 0 Å². The molecule has 1 unspecified atom stereocenters. The molecule has 5 nitrogen and oxygen atoms in total. The number of aromatic nitrogens is 1. The number of piperidine rings is 1. The van der Waals surface area contributed by atoms with Crippen LogP contribution >= 0.6 is 0 Å². The molecule has 0 spiro atoms. The van der Waals surface area contributed by atoms with Crippen LogP contribution in [-0.2, 0) is 4.74 Å². The van der Waals surface area contributed by atoms with Crippen molar-refractivity contribution >= 4 is 11.8 Å². The number of anilines is 1. The Hall–Kier alpha value is -1.62. The number of hydrogen-bond donors (Lipinski definition) is 1. The number of hydrogen-bond acceptors (Lipinski definition) is 5. The summed E-state index contributed by atoms with van der Waals surface area (Å²) in [7, 11) is 0. The molecule has 25 heavy (non-hydrogen) atoms. The standard InChI is InChI=1S/C20H28N2O3/c23-19-15-5-4-6-16(19)13-22(12-15)18-11-14(9-10-21-18)20(24)25-17-7-2-1-3-8-17/h9-11,15-17,19,23H,1-8,12-13H2/t15-,16+,19?. The second-order valence-electron chi connectivity index (χ2n) is 7.91. The molecule has 3 fully saturated rings. The first kappa shape index (κ1) is 16.8. The second-order valence-corrected chi connectivity index (χ2v) is 7.91. The fourth-order valence-corrected chi connectivity index (χ4v) is 4.72. The van der Waals surface area contributed by atoms with Crippen LogP contribution in [0.15, 0.2) is 18.3 Å². The second kappa shape index (κ2) is 7.32. The third-order valence-corrected chi connectivity index (χ3v) is 6.16. The molecule has 5 heteroatoms. The van der Waals surface area contributed by atoms with Crippen molar-refractivity contribution in [1.82, 2.24) is 4.98 Å². The quantitative estimate of drug-likeness (QED) is 0.854. The molecule has 1 aliphatic heterocycles. The molecule has 3 atom stereocenters. The summed E-state index contributed by atoms with van der Waals surface area (Å²) in [6, 6.07) is 3.60. The SMILES string of the molecule is O=C(OC1CCCCC1)c1ccnc(N2C[C@H]3CCC[C@@H](C2)C3O)c1. The van der Waals surface area contributed by atoms with Crippen LogP contribution in [0.4, 0.5) is 5.82 Å². The minimum atomic E-state index is -0.229. The lowest BCUT2D eigenvalue weighted by Gasteiger charge is -2.45. The average molecular weight is 344 g/mol. The summed E-state index contributed by atoms with van der Waals surface area (Å²) in [5.41, 5.74) is 0.590. The number of aliphatic hydroxyl groups excluding tert-OH is 1. The summed E-state index contributed by atoms with van der Waals surface area (Å²) in [6.45, 7) is 1.65. The van der Waals surface area contributed by atoms with Crippen LogP contribution in [0.25, 0.3) is 0 Å². The van der Waals surface area contributed by atoms with E-state index in [1.807, 2.05) is 6.07 Å². The van der Waals surface area contributed by atoms with Crippen LogP contribution < -0.4 is 4.90 Å². The molecule has 136 valence electrons. The molecule has 0 radical (unpaired) electrons. The molecule has 4 rings (SSSR count). The normalized spacial score (nSPS) is 30.1. The third-order valence-electron chi connectivity index (χ3n) is 6.16. The third kappa shape index (κ3) is 3.66. The Labute approximate surface area is 149 Å². The number of aliphatic hydroxyl groups is 1. The van der Waals surface area contributed by atoms with Crippen LogP contribution in [0, 0.1) is 11.8 Å². The predicted molar refractivity (Wildman–Crippen MR) is 95.6 cm³/mol. The molecule has 1 aromatic rings. The van der Waals surface area contributed by atoms with Crippen molar-refractivity contribution in [2.75, 3.05) is 18.0 Å². The summed E-state index contributed by atoms with van der Waals surface area (Å²) in [6.07, 6.45) is 10.5. The fourth-order valence-electron chi connectivity index (χ4n) is 4.72. The highest BCUT2D eigenvalue weighted by molar-refractivity contribution is 5.90. The van der Waals surface area contributed by atoms with E-state index in [0.717, 1.165) is 57.4 Å². The molecule has 3 aliphatic rings. The maximum absolute atomic E-state index is 12.5. The number of rotatable bonds is 3. The topological polar surface area (TPSA) is 62.7 Å². The molecule has 2 aliphatic carbocycles. The minimum absolute atomic E-state index is 0.0716. The molecule has 0 amide bonds. The van der Waals surface area contributed by atoms with E-state index in [2.05, 4.69) is 9.88 Å². The number of pyridine rings is 1.